The first-order chi connectivity index (χ1) is 10.2. The molecule has 0 aliphatic heterocycles. The second-order valence-corrected chi connectivity index (χ2v) is 6.80. The van der Waals surface area contributed by atoms with Crippen LogP contribution in [0.4, 0.5) is 0 Å². The Morgan fingerprint density at radius 2 is 1.86 bits per heavy atom. The van der Waals surface area contributed by atoms with Crippen molar-refractivity contribution in [1.82, 2.24) is 9.97 Å². The van der Waals surface area contributed by atoms with Crippen molar-refractivity contribution in [2.24, 2.45) is 0 Å². The number of hydrogen-bond acceptors (Lipinski definition) is 2. The Kier molecular flexibility index (Phi) is 3.18. The zero-order chi connectivity index (χ0) is 14.4. The van der Waals surface area contributed by atoms with Crippen LogP contribution in [-0.4, -0.2) is 9.97 Å². The lowest BCUT2D eigenvalue weighted by Crippen LogP contribution is -2.11. The van der Waals surface area contributed by atoms with Crippen LogP contribution in [0.3, 0.4) is 0 Å². The summed E-state index contributed by atoms with van der Waals surface area (Å²) in [4.78, 5) is 8.19. The largest absolute Gasteiger partial charge is 0.343 e. The second-order valence-electron chi connectivity index (χ2n) is 6.42. The van der Waals surface area contributed by atoms with E-state index in [4.69, 9.17) is 12.2 Å². The monoisotopic (exact) mass is 296 g/mol. The molecule has 2 aliphatic rings. The van der Waals surface area contributed by atoms with Crippen molar-refractivity contribution in [3.05, 3.63) is 45.9 Å². The molecule has 3 heteroatoms. The van der Waals surface area contributed by atoms with Gasteiger partial charge in [-0.25, -0.2) is 4.98 Å². The summed E-state index contributed by atoms with van der Waals surface area (Å²) in [5.41, 5.74) is 5.11. The van der Waals surface area contributed by atoms with Crippen LogP contribution in [-0.2, 0) is 0 Å². The molecule has 2 nitrogen and oxygen atoms in total. The van der Waals surface area contributed by atoms with Gasteiger partial charge in [-0.3, -0.25) is 0 Å². The van der Waals surface area contributed by atoms with Crippen LogP contribution in [0.5, 0.6) is 0 Å². The number of hydrogen-bond donors (Lipinski definition) is 1. The third-order valence-electron chi connectivity index (χ3n) is 4.91. The Morgan fingerprint density at radius 1 is 1.10 bits per heavy atom. The molecule has 0 unspecified atom stereocenters. The maximum atomic E-state index is 5.50. The smallest absolute Gasteiger partial charge is 0.133 e. The van der Waals surface area contributed by atoms with E-state index in [-0.39, 0.29) is 0 Å². The molecule has 21 heavy (non-hydrogen) atoms. The average molecular weight is 296 g/mol. The molecule has 0 atom stereocenters. The zero-order valence-electron chi connectivity index (χ0n) is 12.4. The molecule has 2 saturated carbocycles. The lowest BCUT2D eigenvalue weighted by atomic mass is 9.77. The van der Waals surface area contributed by atoms with Crippen molar-refractivity contribution in [3.63, 3.8) is 0 Å². The number of aromatic nitrogens is 2. The third kappa shape index (κ3) is 2.34. The molecule has 0 saturated heterocycles. The molecule has 1 N–H and O–H groups in total. The molecule has 4 rings (SSSR count). The molecule has 2 aromatic rings. The normalized spacial score (nSPS) is 18.5. The number of rotatable bonds is 3. The highest BCUT2D eigenvalue weighted by Crippen LogP contribution is 2.43. The molecule has 2 fully saturated rings. The number of H-pyrrole nitrogens is 1. The summed E-state index contributed by atoms with van der Waals surface area (Å²) in [7, 11) is 0. The van der Waals surface area contributed by atoms with Gasteiger partial charge in [-0.05, 0) is 44.1 Å². The molecule has 0 spiro atoms. The molecule has 1 aromatic carbocycles. The minimum Gasteiger partial charge on any atom is -0.343 e. The van der Waals surface area contributed by atoms with Gasteiger partial charge < -0.3 is 4.98 Å². The van der Waals surface area contributed by atoms with Crippen LogP contribution in [0, 0.1) is 11.6 Å². The fourth-order valence-electron chi connectivity index (χ4n) is 3.17. The summed E-state index contributed by atoms with van der Waals surface area (Å²) in [6, 6.07) is 8.81. The maximum Gasteiger partial charge on any atom is 0.133 e. The van der Waals surface area contributed by atoms with Gasteiger partial charge in [0.2, 0.25) is 0 Å². The van der Waals surface area contributed by atoms with E-state index < -0.39 is 0 Å². The SMILES string of the molecule is Cc1c(-c2ccccc2C2CCC2)[nH]c(C2CC2)nc1=S. The number of benzene rings is 1. The first kappa shape index (κ1) is 13.2. The van der Waals surface area contributed by atoms with Gasteiger partial charge in [-0.1, -0.05) is 42.9 Å². The predicted octanol–water partition coefficient (Wildman–Crippen LogP) is 5.26. The third-order valence-corrected chi connectivity index (χ3v) is 5.31. The van der Waals surface area contributed by atoms with Crippen molar-refractivity contribution >= 4 is 12.2 Å². The van der Waals surface area contributed by atoms with Crippen LogP contribution in [0.25, 0.3) is 11.3 Å². The minimum absolute atomic E-state index is 0.599. The molecule has 1 heterocycles. The summed E-state index contributed by atoms with van der Waals surface area (Å²) >= 11 is 5.50. The molecule has 0 bridgehead atoms. The van der Waals surface area contributed by atoms with Gasteiger partial charge in [0.1, 0.15) is 10.5 Å². The van der Waals surface area contributed by atoms with E-state index >= 15 is 0 Å². The van der Waals surface area contributed by atoms with Gasteiger partial charge in [0.05, 0.1) is 5.69 Å². The van der Waals surface area contributed by atoms with E-state index in [1.165, 1.54) is 48.9 Å². The van der Waals surface area contributed by atoms with E-state index in [0.717, 1.165) is 21.9 Å². The molecule has 0 radical (unpaired) electrons. The van der Waals surface area contributed by atoms with Gasteiger partial charge in [0.25, 0.3) is 0 Å². The summed E-state index contributed by atoms with van der Waals surface area (Å²) in [5, 5.41) is 0. The van der Waals surface area contributed by atoms with Crippen molar-refractivity contribution in [3.8, 4) is 11.3 Å². The van der Waals surface area contributed by atoms with E-state index in [2.05, 4.69) is 41.2 Å². The Bertz CT molecular complexity index is 739. The molecular formula is C18H20N2S. The minimum atomic E-state index is 0.599. The molecule has 1 aromatic heterocycles. The summed E-state index contributed by atoms with van der Waals surface area (Å²) in [6.45, 7) is 2.09. The van der Waals surface area contributed by atoms with Crippen LogP contribution in [0.1, 0.15) is 60.9 Å². The molecule has 108 valence electrons. The molecule has 0 amide bonds. The Morgan fingerprint density at radius 3 is 2.52 bits per heavy atom. The Balaban J connectivity index is 1.88. The summed E-state index contributed by atoms with van der Waals surface area (Å²) < 4.78 is 0.758. The fraction of sp³-hybridized carbons (Fsp3) is 0.444. The highest BCUT2D eigenvalue weighted by atomic mass is 32.1. The summed E-state index contributed by atoms with van der Waals surface area (Å²) in [5.74, 6) is 2.41. The first-order valence-corrected chi connectivity index (χ1v) is 8.35. The van der Waals surface area contributed by atoms with Crippen LogP contribution < -0.4 is 0 Å². The highest BCUT2D eigenvalue weighted by Gasteiger charge is 2.28. The number of nitrogens with one attached hydrogen (secondary N) is 1. The van der Waals surface area contributed by atoms with E-state index in [1.807, 2.05) is 0 Å². The van der Waals surface area contributed by atoms with Crippen LogP contribution in [0.15, 0.2) is 24.3 Å². The van der Waals surface area contributed by atoms with E-state index in [0.29, 0.717) is 5.92 Å². The van der Waals surface area contributed by atoms with Gasteiger partial charge in [0.15, 0.2) is 0 Å². The second kappa shape index (κ2) is 5.06. The average Bonchev–Trinajstić information content (AvgIpc) is 3.25. The quantitative estimate of drug-likeness (QED) is 0.783. The van der Waals surface area contributed by atoms with Crippen molar-refractivity contribution in [2.75, 3.05) is 0 Å². The van der Waals surface area contributed by atoms with Gasteiger partial charge in [-0.2, -0.15) is 0 Å². The van der Waals surface area contributed by atoms with Crippen molar-refractivity contribution < 1.29 is 0 Å². The Hall–Kier alpha value is -1.48. The molecule has 2 aliphatic carbocycles. The predicted molar refractivity (Wildman–Crippen MR) is 88.2 cm³/mol. The van der Waals surface area contributed by atoms with Crippen molar-refractivity contribution in [2.45, 2.75) is 50.9 Å². The molecular weight excluding hydrogens is 276 g/mol. The standard InChI is InChI=1S/C18H20N2S/c1-11-16(19-17(13-9-10-13)20-18(11)21)15-8-3-2-7-14(15)12-5-4-6-12/h2-3,7-8,12-13H,4-6,9-10H2,1H3,(H,19,20,21). The topological polar surface area (TPSA) is 28.7 Å². The number of nitrogens with zero attached hydrogens (tertiary/aromatic N) is 1. The van der Waals surface area contributed by atoms with Gasteiger partial charge >= 0.3 is 0 Å². The first-order valence-electron chi connectivity index (χ1n) is 7.94. The van der Waals surface area contributed by atoms with Crippen molar-refractivity contribution in [1.29, 1.82) is 0 Å². The van der Waals surface area contributed by atoms with Gasteiger partial charge in [-0.15, -0.1) is 0 Å². The van der Waals surface area contributed by atoms with E-state index in [9.17, 15) is 0 Å². The maximum absolute atomic E-state index is 5.50. The van der Waals surface area contributed by atoms with Gasteiger partial charge in [0, 0.05) is 17.0 Å². The Labute approximate surface area is 130 Å². The number of aromatic amines is 1. The van der Waals surface area contributed by atoms with Crippen LogP contribution >= 0.6 is 12.2 Å². The fourth-order valence-corrected chi connectivity index (χ4v) is 3.37. The zero-order valence-corrected chi connectivity index (χ0v) is 13.2. The van der Waals surface area contributed by atoms with Crippen LogP contribution in [0.2, 0.25) is 0 Å². The lowest BCUT2D eigenvalue weighted by molar-refractivity contribution is 0.420. The highest BCUT2D eigenvalue weighted by molar-refractivity contribution is 7.71. The van der Waals surface area contributed by atoms with E-state index in [1.54, 1.807) is 0 Å². The lowest BCUT2D eigenvalue weighted by Gasteiger charge is -2.28. The summed E-state index contributed by atoms with van der Waals surface area (Å²) in [6.07, 6.45) is 6.47.